The van der Waals surface area contributed by atoms with Crippen LogP contribution >= 0.6 is 0 Å². The minimum Gasteiger partial charge on any atom is -0.315 e. The SMILES string of the molecule is CNC1C(N2CCC3CCC(C2)N3C)CCCC1(C)C. The maximum Gasteiger partial charge on any atom is 0.0271 e. The maximum atomic E-state index is 3.66. The Hall–Kier alpha value is -0.120. The van der Waals surface area contributed by atoms with Crippen molar-refractivity contribution >= 4 is 0 Å². The lowest BCUT2D eigenvalue weighted by Gasteiger charge is -2.48. The second kappa shape index (κ2) is 5.58. The van der Waals surface area contributed by atoms with E-state index in [0.29, 0.717) is 11.5 Å². The summed E-state index contributed by atoms with van der Waals surface area (Å²) in [5.74, 6) is 0. The van der Waals surface area contributed by atoms with Crippen molar-refractivity contribution in [1.82, 2.24) is 15.1 Å². The molecule has 0 amide bonds. The van der Waals surface area contributed by atoms with Crippen LogP contribution in [0.5, 0.6) is 0 Å². The third-order valence-corrected chi connectivity index (χ3v) is 6.51. The van der Waals surface area contributed by atoms with Crippen LogP contribution in [0.3, 0.4) is 0 Å². The van der Waals surface area contributed by atoms with E-state index >= 15 is 0 Å². The fraction of sp³-hybridized carbons (Fsp3) is 1.00. The minimum absolute atomic E-state index is 0.439. The first-order chi connectivity index (χ1) is 9.53. The standard InChI is InChI=1S/C17H33N3/c1-17(2)10-5-6-15(16(17)18-3)20-11-9-13-7-8-14(12-20)19(13)4/h13-16,18H,5-12H2,1-4H3. The number of nitrogens with one attached hydrogen (secondary N) is 1. The maximum absolute atomic E-state index is 3.66. The van der Waals surface area contributed by atoms with E-state index in [-0.39, 0.29) is 0 Å². The molecular formula is C17H33N3. The summed E-state index contributed by atoms with van der Waals surface area (Å²) in [6.45, 7) is 7.52. The topological polar surface area (TPSA) is 18.5 Å². The van der Waals surface area contributed by atoms with Gasteiger partial charge in [0.15, 0.2) is 0 Å². The molecule has 20 heavy (non-hydrogen) atoms. The van der Waals surface area contributed by atoms with Crippen molar-refractivity contribution in [2.24, 2.45) is 5.41 Å². The molecule has 0 aromatic heterocycles. The van der Waals surface area contributed by atoms with Gasteiger partial charge in [-0.1, -0.05) is 20.3 Å². The molecule has 4 atom stereocenters. The molecule has 0 aromatic rings. The van der Waals surface area contributed by atoms with Crippen LogP contribution in [-0.2, 0) is 0 Å². The van der Waals surface area contributed by atoms with E-state index < -0.39 is 0 Å². The molecule has 3 fully saturated rings. The van der Waals surface area contributed by atoms with Crippen molar-refractivity contribution < 1.29 is 0 Å². The molecule has 0 aromatic carbocycles. The van der Waals surface area contributed by atoms with Crippen molar-refractivity contribution in [3.63, 3.8) is 0 Å². The third-order valence-electron chi connectivity index (χ3n) is 6.51. The molecule has 3 nitrogen and oxygen atoms in total. The molecule has 2 saturated heterocycles. The molecular weight excluding hydrogens is 246 g/mol. The molecule has 1 N–H and O–H groups in total. The van der Waals surface area contributed by atoms with Gasteiger partial charge in [0, 0.05) is 37.3 Å². The Labute approximate surface area is 125 Å². The summed E-state index contributed by atoms with van der Waals surface area (Å²) in [5.41, 5.74) is 0.439. The van der Waals surface area contributed by atoms with Gasteiger partial charge in [-0.25, -0.2) is 0 Å². The van der Waals surface area contributed by atoms with E-state index in [1.54, 1.807) is 0 Å². The lowest BCUT2D eigenvalue weighted by Crippen LogP contribution is -2.59. The second-order valence-electron chi connectivity index (χ2n) is 8.05. The van der Waals surface area contributed by atoms with Crippen molar-refractivity contribution in [1.29, 1.82) is 0 Å². The Morgan fingerprint density at radius 1 is 1.05 bits per heavy atom. The van der Waals surface area contributed by atoms with Crippen LogP contribution in [0.4, 0.5) is 0 Å². The summed E-state index contributed by atoms with van der Waals surface area (Å²) in [4.78, 5) is 5.50. The number of hydrogen-bond acceptors (Lipinski definition) is 3. The molecule has 3 aliphatic rings. The van der Waals surface area contributed by atoms with Gasteiger partial charge in [-0.15, -0.1) is 0 Å². The zero-order valence-corrected chi connectivity index (χ0v) is 13.9. The van der Waals surface area contributed by atoms with Crippen LogP contribution in [-0.4, -0.2) is 61.2 Å². The summed E-state index contributed by atoms with van der Waals surface area (Å²) >= 11 is 0. The molecule has 1 saturated carbocycles. The van der Waals surface area contributed by atoms with Gasteiger partial charge in [-0.3, -0.25) is 9.80 Å². The Balaban J connectivity index is 1.74. The number of rotatable bonds is 2. The van der Waals surface area contributed by atoms with Crippen LogP contribution < -0.4 is 5.32 Å². The quantitative estimate of drug-likeness (QED) is 0.837. The van der Waals surface area contributed by atoms with Gasteiger partial charge in [-0.2, -0.15) is 0 Å². The highest BCUT2D eigenvalue weighted by molar-refractivity contribution is 5.00. The Kier molecular flexibility index (Phi) is 4.13. The summed E-state index contributed by atoms with van der Waals surface area (Å²) in [6.07, 6.45) is 8.38. The highest BCUT2D eigenvalue weighted by Gasteiger charge is 2.43. The number of nitrogens with zero attached hydrogens (tertiary/aromatic N) is 2. The molecule has 2 bridgehead atoms. The van der Waals surface area contributed by atoms with Crippen molar-refractivity contribution in [2.45, 2.75) is 76.5 Å². The normalized spacial score (nSPS) is 42.6. The molecule has 0 radical (unpaired) electrons. The summed E-state index contributed by atoms with van der Waals surface area (Å²) in [5, 5.41) is 3.66. The lowest BCUT2D eigenvalue weighted by molar-refractivity contribution is 0.0469. The molecule has 3 heteroatoms. The van der Waals surface area contributed by atoms with E-state index in [1.165, 1.54) is 51.6 Å². The predicted molar refractivity (Wildman–Crippen MR) is 85.0 cm³/mol. The fourth-order valence-corrected chi connectivity index (χ4v) is 5.22. The van der Waals surface area contributed by atoms with Crippen LogP contribution in [0, 0.1) is 5.41 Å². The van der Waals surface area contributed by atoms with E-state index in [4.69, 9.17) is 0 Å². The summed E-state index contributed by atoms with van der Waals surface area (Å²) in [7, 11) is 4.52. The van der Waals surface area contributed by atoms with Crippen LogP contribution in [0.15, 0.2) is 0 Å². The summed E-state index contributed by atoms with van der Waals surface area (Å²) < 4.78 is 0. The highest BCUT2D eigenvalue weighted by Crippen LogP contribution is 2.39. The smallest absolute Gasteiger partial charge is 0.0271 e. The van der Waals surface area contributed by atoms with Gasteiger partial charge in [0.2, 0.25) is 0 Å². The number of hydrogen-bond donors (Lipinski definition) is 1. The van der Waals surface area contributed by atoms with E-state index in [9.17, 15) is 0 Å². The van der Waals surface area contributed by atoms with Crippen molar-refractivity contribution in [3.05, 3.63) is 0 Å². The highest BCUT2D eigenvalue weighted by atomic mass is 15.3. The Morgan fingerprint density at radius 2 is 1.80 bits per heavy atom. The van der Waals surface area contributed by atoms with Crippen LogP contribution in [0.2, 0.25) is 0 Å². The van der Waals surface area contributed by atoms with Crippen LogP contribution in [0.25, 0.3) is 0 Å². The van der Waals surface area contributed by atoms with Crippen LogP contribution in [0.1, 0.15) is 52.4 Å². The zero-order chi connectivity index (χ0) is 14.3. The second-order valence-corrected chi connectivity index (χ2v) is 8.05. The van der Waals surface area contributed by atoms with Gasteiger partial charge in [-0.05, 0) is 51.6 Å². The predicted octanol–water partition coefficient (Wildman–Crippen LogP) is 2.32. The number of likely N-dealkylation sites (tertiary alicyclic amines) is 1. The lowest BCUT2D eigenvalue weighted by atomic mass is 9.70. The third kappa shape index (κ3) is 2.53. The molecule has 1 aliphatic carbocycles. The number of fused-ring (bicyclic) bond motifs is 2. The van der Waals surface area contributed by atoms with Crippen molar-refractivity contribution in [3.8, 4) is 0 Å². The summed E-state index contributed by atoms with van der Waals surface area (Å²) in [6, 6.07) is 3.06. The molecule has 0 spiro atoms. The first-order valence-electron chi connectivity index (χ1n) is 8.66. The zero-order valence-electron chi connectivity index (χ0n) is 13.9. The first-order valence-corrected chi connectivity index (χ1v) is 8.66. The molecule has 3 rings (SSSR count). The van der Waals surface area contributed by atoms with Gasteiger partial charge < -0.3 is 5.32 Å². The first kappa shape index (κ1) is 14.8. The van der Waals surface area contributed by atoms with E-state index in [1.807, 2.05) is 0 Å². The van der Waals surface area contributed by atoms with E-state index in [0.717, 1.165) is 18.1 Å². The molecule has 4 unspecified atom stereocenters. The molecule has 2 aliphatic heterocycles. The Bertz CT molecular complexity index is 341. The average molecular weight is 279 g/mol. The van der Waals surface area contributed by atoms with Gasteiger partial charge in [0.05, 0.1) is 0 Å². The van der Waals surface area contributed by atoms with Gasteiger partial charge in [0.1, 0.15) is 0 Å². The average Bonchev–Trinajstić information content (AvgIpc) is 2.62. The molecule has 116 valence electrons. The minimum atomic E-state index is 0.439. The van der Waals surface area contributed by atoms with Gasteiger partial charge >= 0.3 is 0 Å². The molecule has 2 heterocycles. The van der Waals surface area contributed by atoms with Gasteiger partial charge in [0.25, 0.3) is 0 Å². The number of likely N-dealkylation sites (N-methyl/N-ethyl adjacent to an activating group) is 2. The largest absolute Gasteiger partial charge is 0.315 e. The Morgan fingerprint density at radius 3 is 2.55 bits per heavy atom. The monoisotopic (exact) mass is 279 g/mol. The van der Waals surface area contributed by atoms with E-state index in [2.05, 4.69) is 43.1 Å². The fourth-order valence-electron chi connectivity index (χ4n) is 5.22. The van der Waals surface area contributed by atoms with Crippen molar-refractivity contribution in [2.75, 3.05) is 27.2 Å².